The van der Waals surface area contributed by atoms with Gasteiger partial charge in [0.15, 0.2) is 0 Å². The van der Waals surface area contributed by atoms with Gasteiger partial charge in [0, 0.05) is 10.2 Å². The van der Waals surface area contributed by atoms with E-state index in [1.807, 2.05) is 13.0 Å². The van der Waals surface area contributed by atoms with E-state index in [1.165, 1.54) is 19.1 Å². The largest absolute Gasteiger partial charge is 0.324 e. The second kappa shape index (κ2) is 7.25. The highest BCUT2D eigenvalue weighted by Gasteiger charge is 2.22. The predicted octanol–water partition coefficient (Wildman–Crippen LogP) is 3.06. The molecule has 0 aromatic heterocycles. The summed E-state index contributed by atoms with van der Waals surface area (Å²) in [5.74, 6) is -0.421. The number of aryl methyl sites for hydroxylation is 1. The van der Waals surface area contributed by atoms with Crippen molar-refractivity contribution in [3.8, 4) is 0 Å². The Kier molecular flexibility index (Phi) is 5.56. The van der Waals surface area contributed by atoms with Crippen LogP contribution in [0.2, 0.25) is 0 Å². The summed E-state index contributed by atoms with van der Waals surface area (Å²) in [7, 11) is -3.73. The Labute approximate surface area is 144 Å². The molecule has 0 spiro atoms. The van der Waals surface area contributed by atoms with Crippen LogP contribution in [0.15, 0.2) is 57.9 Å². The SMILES string of the molecule is Cc1cc(Br)ccc1NC(=O)C(C)NS(=O)(=O)c1ccccc1. The van der Waals surface area contributed by atoms with Crippen molar-refractivity contribution < 1.29 is 13.2 Å². The Morgan fingerprint density at radius 1 is 1.13 bits per heavy atom. The molecule has 0 bridgehead atoms. The summed E-state index contributed by atoms with van der Waals surface area (Å²) in [4.78, 5) is 12.3. The molecule has 1 atom stereocenters. The molecule has 1 amide bonds. The third-order valence-corrected chi connectivity index (χ3v) is 5.27. The molecule has 2 rings (SSSR count). The van der Waals surface area contributed by atoms with Gasteiger partial charge in [0.05, 0.1) is 10.9 Å². The summed E-state index contributed by atoms with van der Waals surface area (Å²) >= 11 is 3.35. The van der Waals surface area contributed by atoms with Crippen LogP contribution in [-0.4, -0.2) is 20.4 Å². The van der Waals surface area contributed by atoms with Crippen molar-refractivity contribution in [2.24, 2.45) is 0 Å². The van der Waals surface area contributed by atoms with Crippen LogP contribution in [0, 0.1) is 6.92 Å². The van der Waals surface area contributed by atoms with Gasteiger partial charge in [-0.25, -0.2) is 8.42 Å². The summed E-state index contributed by atoms with van der Waals surface area (Å²) in [5, 5.41) is 2.72. The average Bonchev–Trinajstić information content (AvgIpc) is 2.50. The molecule has 23 heavy (non-hydrogen) atoms. The van der Waals surface area contributed by atoms with Crippen LogP contribution in [0.25, 0.3) is 0 Å². The number of benzene rings is 2. The first-order valence-electron chi connectivity index (χ1n) is 6.94. The van der Waals surface area contributed by atoms with Crippen molar-refractivity contribution in [2.45, 2.75) is 24.8 Å². The molecule has 5 nitrogen and oxygen atoms in total. The van der Waals surface area contributed by atoms with E-state index in [9.17, 15) is 13.2 Å². The predicted molar refractivity (Wildman–Crippen MR) is 93.7 cm³/mol. The molecular weight excluding hydrogens is 380 g/mol. The Morgan fingerprint density at radius 3 is 2.39 bits per heavy atom. The molecule has 122 valence electrons. The molecule has 0 aliphatic rings. The first-order valence-corrected chi connectivity index (χ1v) is 9.21. The second-order valence-corrected chi connectivity index (χ2v) is 7.73. The quantitative estimate of drug-likeness (QED) is 0.815. The van der Waals surface area contributed by atoms with Gasteiger partial charge < -0.3 is 5.32 Å². The third kappa shape index (κ3) is 4.63. The number of halogens is 1. The first kappa shape index (κ1) is 17.7. The van der Waals surface area contributed by atoms with E-state index < -0.39 is 22.0 Å². The highest BCUT2D eigenvalue weighted by Crippen LogP contribution is 2.20. The van der Waals surface area contributed by atoms with E-state index in [1.54, 1.807) is 30.3 Å². The van der Waals surface area contributed by atoms with Crippen LogP contribution in [0.1, 0.15) is 12.5 Å². The van der Waals surface area contributed by atoms with E-state index in [4.69, 9.17) is 0 Å². The van der Waals surface area contributed by atoms with Crippen LogP contribution in [-0.2, 0) is 14.8 Å². The highest BCUT2D eigenvalue weighted by molar-refractivity contribution is 9.10. The topological polar surface area (TPSA) is 75.3 Å². The van der Waals surface area contributed by atoms with Crippen molar-refractivity contribution in [2.75, 3.05) is 5.32 Å². The molecule has 0 saturated heterocycles. The number of anilines is 1. The lowest BCUT2D eigenvalue weighted by molar-refractivity contribution is -0.117. The van der Waals surface area contributed by atoms with Crippen LogP contribution >= 0.6 is 15.9 Å². The maximum absolute atomic E-state index is 12.2. The normalized spacial score (nSPS) is 12.7. The van der Waals surface area contributed by atoms with E-state index in [2.05, 4.69) is 26.0 Å². The van der Waals surface area contributed by atoms with Crippen LogP contribution in [0.3, 0.4) is 0 Å². The van der Waals surface area contributed by atoms with E-state index >= 15 is 0 Å². The summed E-state index contributed by atoms with van der Waals surface area (Å²) in [6, 6.07) is 12.5. The fraction of sp³-hybridized carbons (Fsp3) is 0.188. The fourth-order valence-electron chi connectivity index (χ4n) is 1.96. The zero-order chi connectivity index (χ0) is 17.0. The van der Waals surface area contributed by atoms with Gasteiger partial charge in [0.25, 0.3) is 0 Å². The molecule has 7 heteroatoms. The number of carbonyl (C=O) groups is 1. The number of hydrogen-bond acceptors (Lipinski definition) is 3. The molecule has 0 radical (unpaired) electrons. The molecule has 0 fully saturated rings. The highest BCUT2D eigenvalue weighted by atomic mass is 79.9. The van der Waals surface area contributed by atoms with Gasteiger partial charge in [-0.2, -0.15) is 4.72 Å². The van der Waals surface area contributed by atoms with Gasteiger partial charge in [-0.05, 0) is 49.7 Å². The number of rotatable bonds is 5. The molecule has 2 N–H and O–H groups in total. The summed E-state index contributed by atoms with van der Waals surface area (Å²) in [6.07, 6.45) is 0. The van der Waals surface area contributed by atoms with Gasteiger partial charge in [0.1, 0.15) is 0 Å². The zero-order valence-corrected chi connectivity index (χ0v) is 15.1. The monoisotopic (exact) mass is 396 g/mol. The minimum atomic E-state index is -3.73. The molecule has 0 saturated carbocycles. The first-order chi connectivity index (χ1) is 10.8. The standard InChI is InChI=1S/C16H17BrN2O3S/c1-11-10-13(17)8-9-15(11)18-16(20)12(2)19-23(21,22)14-6-4-3-5-7-14/h3-10,12,19H,1-2H3,(H,18,20). The van der Waals surface area contributed by atoms with Gasteiger partial charge in [-0.1, -0.05) is 34.1 Å². The second-order valence-electron chi connectivity index (χ2n) is 5.10. The molecular formula is C16H17BrN2O3S. The number of carbonyl (C=O) groups excluding carboxylic acids is 1. The Hall–Kier alpha value is -1.70. The number of sulfonamides is 1. The van der Waals surface area contributed by atoms with E-state index in [0.717, 1.165) is 10.0 Å². The van der Waals surface area contributed by atoms with Gasteiger partial charge in [-0.3, -0.25) is 4.79 Å². The molecule has 0 aliphatic carbocycles. The Bertz CT molecular complexity index is 807. The van der Waals surface area contributed by atoms with Crippen LogP contribution < -0.4 is 10.0 Å². The smallest absolute Gasteiger partial charge is 0.242 e. The van der Waals surface area contributed by atoms with Crippen molar-refractivity contribution >= 4 is 37.5 Å². The van der Waals surface area contributed by atoms with Crippen molar-refractivity contribution in [3.05, 3.63) is 58.6 Å². The fourth-order valence-corrected chi connectivity index (χ4v) is 3.66. The van der Waals surface area contributed by atoms with Crippen LogP contribution in [0.4, 0.5) is 5.69 Å². The Balaban J connectivity index is 2.08. The average molecular weight is 397 g/mol. The molecule has 1 unspecified atom stereocenters. The maximum Gasteiger partial charge on any atom is 0.242 e. The minimum Gasteiger partial charge on any atom is -0.324 e. The van der Waals surface area contributed by atoms with Gasteiger partial charge in [-0.15, -0.1) is 0 Å². The van der Waals surface area contributed by atoms with Crippen molar-refractivity contribution in [1.82, 2.24) is 4.72 Å². The zero-order valence-electron chi connectivity index (χ0n) is 12.7. The lowest BCUT2D eigenvalue weighted by Gasteiger charge is -2.15. The summed E-state index contributed by atoms with van der Waals surface area (Å²) in [5.41, 5.74) is 1.52. The Morgan fingerprint density at radius 2 is 1.78 bits per heavy atom. The number of nitrogens with one attached hydrogen (secondary N) is 2. The minimum absolute atomic E-state index is 0.125. The van der Waals surface area contributed by atoms with Crippen molar-refractivity contribution in [3.63, 3.8) is 0 Å². The summed E-state index contributed by atoms with van der Waals surface area (Å²) in [6.45, 7) is 3.36. The third-order valence-electron chi connectivity index (χ3n) is 3.23. The van der Waals surface area contributed by atoms with Gasteiger partial charge in [0.2, 0.25) is 15.9 Å². The maximum atomic E-state index is 12.2. The number of hydrogen-bond donors (Lipinski definition) is 2. The van der Waals surface area contributed by atoms with Gasteiger partial charge >= 0.3 is 0 Å². The van der Waals surface area contributed by atoms with Crippen LogP contribution in [0.5, 0.6) is 0 Å². The van der Waals surface area contributed by atoms with E-state index in [0.29, 0.717) is 5.69 Å². The van der Waals surface area contributed by atoms with Crippen molar-refractivity contribution in [1.29, 1.82) is 0 Å². The molecule has 2 aromatic carbocycles. The lowest BCUT2D eigenvalue weighted by atomic mass is 10.2. The summed E-state index contributed by atoms with van der Waals surface area (Å²) < 4.78 is 27.7. The number of amides is 1. The molecule has 0 heterocycles. The lowest BCUT2D eigenvalue weighted by Crippen LogP contribution is -2.41. The van der Waals surface area contributed by atoms with E-state index in [-0.39, 0.29) is 4.90 Å². The molecule has 2 aromatic rings. The molecule has 0 aliphatic heterocycles.